The van der Waals surface area contributed by atoms with Crippen LogP contribution in [0.1, 0.15) is 52.7 Å². The molecule has 0 spiro atoms. The van der Waals surface area contributed by atoms with Crippen LogP contribution in [-0.2, 0) is 6.54 Å². The predicted octanol–water partition coefficient (Wildman–Crippen LogP) is 4.78. The Balaban J connectivity index is 1.53. The van der Waals surface area contributed by atoms with Crippen LogP contribution >= 0.6 is 0 Å². The third kappa shape index (κ3) is 5.31. The fourth-order valence-corrected chi connectivity index (χ4v) is 4.26. The van der Waals surface area contributed by atoms with E-state index in [9.17, 15) is 4.79 Å². The molecule has 1 N–H and O–H groups in total. The predicted molar refractivity (Wildman–Crippen MR) is 128 cm³/mol. The maximum absolute atomic E-state index is 12.7. The standard InChI is InChI=1S/C26H30N4O3/c1-18-22(26(31)29-20-9-5-4-6-10-20)16-27-25(28-18)23-11-7-8-14-30(23)17-19-12-13-21(32-2)15-24(19)33-3/h4-6,9-10,12-13,15-16,23H,7-8,11,14,17H2,1-3H3,(H,29,31)/t23-/m0/s1. The van der Waals surface area contributed by atoms with Crippen molar-refractivity contribution in [1.29, 1.82) is 0 Å². The summed E-state index contributed by atoms with van der Waals surface area (Å²) in [4.78, 5) is 24.5. The van der Waals surface area contributed by atoms with Gasteiger partial charge in [0.15, 0.2) is 0 Å². The van der Waals surface area contributed by atoms with Crippen molar-refractivity contribution in [2.24, 2.45) is 0 Å². The van der Waals surface area contributed by atoms with Crippen LogP contribution in [0.15, 0.2) is 54.7 Å². The topological polar surface area (TPSA) is 76.6 Å². The van der Waals surface area contributed by atoms with Gasteiger partial charge in [-0.25, -0.2) is 9.97 Å². The second-order valence-electron chi connectivity index (χ2n) is 8.21. The summed E-state index contributed by atoms with van der Waals surface area (Å²) in [6.45, 7) is 3.56. The van der Waals surface area contributed by atoms with E-state index in [1.165, 1.54) is 0 Å². The number of ether oxygens (including phenoxy) is 2. The smallest absolute Gasteiger partial charge is 0.259 e. The van der Waals surface area contributed by atoms with Crippen molar-refractivity contribution in [3.8, 4) is 11.5 Å². The van der Waals surface area contributed by atoms with E-state index < -0.39 is 0 Å². The molecule has 0 aliphatic carbocycles. The Morgan fingerprint density at radius 2 is 1.94 bits per heavy atom. The molecule has 3 aromatic rings. The monoisotopic (exact) mass is 446 g/mol. The van der Waals surface area contributed by atoms with E-state index in [0.29, 0.717) is 11.3 Å². The molecular weight excluding hydrogens is 416 g/mol. The van der Waals surface area contributed by atoms with E-state index in [1.807, 2.05) is 55.5 Å². The summed E-state index contributed by atoms with van der Waals surface area (Å²) < 4.78 is 10.9. The van der Waals surface area contributed by atoms with Gasteiger partial charge in [0, 0.05) is 30.1 Å². The van der Waals surface area contributed by atoms with Crippen molar-refractivity contribution in [3.63, 3.8) is 0 Å². The van der Waals surface area contributed by atoms with E-state index in [-0.39, 0.29) is 11.9 Å². The lowest BCUT2D eigenvalue weighted by Gasteiger charge is -2.35. The zero-order valence-corrected chi connectivity index (χ0v) is 19.4. The van der Waals surface area contributed by atoms with Crippen molar-refractivity contribution in [3.05, 3.63) is 77.4 Å². The van der Waals surface area contributed by atoms with Gasteiger partial charge >= 0.3 is 0 Å². The molecule has 1 saturated heterocycles. The zero-order chi connectivity index (χ0) is 23.2. The van der Waals surface area contributed by atoms with Crippen LogP contribution in [0.2, 0.25) is 0 Å². The minimum absolute atomic E-state index is 0.0930. The number of carbonyl (C=O) groups excluding carboxylic acids is 1. The lowest BCUT2D eigenvalue weighted by atomic mass is 9.99. The Kier molecular flexibility index (Phi) is 7.19. The number of hydrogen-bond acceptors (Lipinski definition) is 6. The molecule has 7 heteroatoms. The molecule has 0 bridgehead atoms. The number of hydrogen-bond donors (Lipinski definition) is 1. The molecule has 4 rings (SSSR count). The van der Waals surface area contributed by atoms with Gasteiger partial charge in [0.2, 0.25) is 0 Å². The van der Waals surface area contributed by atoms with Crippen LogP contribution in [0, 0.1) is 6.92 Å². The first-order valence-electron chi connectivity index (χ1n) is 11.2. The summed E-state index contributed by atoms with van der Waals surface area (Å²) in [6, 6.07) is 15.4. The minimum Gasteiger partial charge on any atom is -0.497 e. The third-order valence-corrected chi connectivity index (χ3v) is 6.05. The van der Waals surface area contributed by atoms with Crippen LogP contribution in [0.3, 0.4) is 0 Å². The Hall–Kier alpha value is -3.45. The lowest BCUT2D eigenvalue weighted by Crippen LogP contribution is -2.34. The van der Waals surface area contributed by atoms with Crippen molar-refractivity contribution in [2.75, 3.05) is 26.1 Å². The van der Waals surface area contributed by atoms with Gasteiger partial charge in [-0.3, -0.25) is 9.69 Å². The molecule has 172 valence electrons. The Morgan fingerprint density at radius 1 is 1.12 bits per heavy atom. The minimum atomic E-state index is -0.200. The third-order valence-electron chi connectivity index (χ3n) is 6.05. The number of likely N-dealkylation sites (tertiary alicyclic amines) is 1. The van der Waals surface area contributed by atoms with E-state index in [4.69, 9.17) is 14.5 Å². The Labute approximate surface area is 194 Å². The van der Waals surface area contributed by atoms with Crippen molar-refractivity contribution in [2.45, 2.75) is 38.8 Å². The molecule has 1 aliphatic heterocycles. The average molecular weight is 447 g/mol. The van der Waals surface area contributed by atoms with Crippen LogP contribution in [-0.4, -0.2) is 41.5 Å². The molecule has 1 atom stereocenters. The number of methoxy groups -OCH3 is 2. The number of aromatic nitrogens is 2. The van der Waals surface area contributed by atoms with E-state index in [2.05, 4.69) is 15.2 Å². The number of para-hydroxylation sites is 1. The summed E-state index contributed by atoms with van der Waals surface area (Å²) in [5, 5.41) is 2.91. The molecule has 0 unspecified atom stereocenters. The molecule has 0 saturated carbocycles. The summed E-state index contributed by atoms with van der Waals surface area (Å²) in [6.07, 6.45) is 4.88. The van der Waals surface area contributed by atoms with Crippen molar-refractivity contribution in [1.82, 2.24) is 14.9 Å². The van der Waals surface area contributed by atoms with Gasteiger partial charge in [0.05, 0.1) is 31.5 Å². The highest BCUT2D eigenvalue weighted by Crippen LogP contribution is 2.33. The van der Waals surface area contributed by atoms with Gasteiger partial charge in [-0.15, -0.1) is 0 Å². The molecular formula is C26H30N4O3. The zero-order valence-electron chi connectivity index (χ0n) is 19.4. The fourth-order valence-electron chi connectivity index (χ4n) is 4.26. The molecule has 33 heavy (non-hydrogen) atoms. The molecule has 7 nitrogen and oxygen atoms in total. The van der Waals surface area contributed by atoms with Gasteiger partial charge in [-0.2, -0.15) is 0 Å². The molecule has 1 aromatic heterocycles. The number of anilines is 1. The lowest BCUT2D eigenvalue weighted by molar-refractivity contribution is 0.102. The van der Waals surface area contributed by atoms with Crippen molar-refractivity contribution < 1.29 is 14.3 Å². The number of nitrogens with zero attached hydrogens (tertiary/aromatic N) is 3. The van der Waals surface area contributed by atoms with Crippen molar-refractivity contribution >= 4 is 11.6 Å². The van der Waals surface area contributed by atoms with Gasteiger partial charge in [0.25, 0.3) is 5.91 Å². The number of benzene rings is 2. The first-order chi connectivity index (χ1) is 16.1. The average Bonchev–Trinajstić information content (AvgIpc) is 2.85. The molecule has 2 aromatic carbocycles. The van der Waals surface area contributed by atoms with Gasteiger partial charge in [0.1, 0.15) is 17.3 Å². The molecule has 2 heterocycles. The molecule has 1 amide bonds. The second kappa shape index (κ2) is 10.4. The van der Waals surface area contributed by atoms with Crippen LogP contribution in [0.5, 0.6) is 11.5 Å². The first kappa shape index (κ1) is 22.7. The summed E-state index contributed by atoms with van der Waals surface area (Å²) in [7, 11) is 3.33. The normalized spacial score (nSPS) is 16.3. The number of rotatable bonds is 7. The summed E-state index contributed by atoms with van der Waals surface area (Å²) in [5.74, 6) is 2.14. The van der Waals surface area contributed by atoms with Crippen LogP contribution in [0.25, 0.3) is 0 Å². The van der Waals surface area contributed by atoms with Gasteiger partial charge < -0.3 is 14.8 Å². The SMILES string of the molecule is COc1ccc(CN2CCCC[C@H]2c2ncc(C(=O)Nc3ccccc3)c(C)n2)c(OC)c1. The van der Waals surface area contributed by atoms with E-state index in [0.717, 1.165) is 60.9 Å². The quantitative estimate of drug-likeness (QED) is 0.563. The van der Waals surface area contributed by atoms with Gasteiger partial charge in [-0.05, 0) is 44.5 Å². The van der Waals surface area contributed by atoms with E-state index in [1.54, 1.807) is 20.4 Å². The van der Waals surface area contributed by atoms with Gasteiger partial charge in [-0.1, -0.05) is 30.7 Å². The summed E-state index contributed by atoms with van der Waals surface area (Å²) in [5.41, 5.74) is 3.02. The number of carbonyl (C=O) groups is 1. The highest BCUT2D eigenvalue weighted by molar-refractivity contribution is 6.04. The maximum Gasteiger partial charge on any atom is 0.259 e. The molecule has 1 fully saturated rings. The number of nitrogens with one attached hydrogen (secondary N) is 1. The first-order valence-corrected chi connectivity index (χ1v) is 11.2. The molecule has 1 aliphatic rings. The van der Waals surface area contributed by atoms with E-state index >= 15 is 0 Å². The fraction of sp³-hybridized carbons (Fsp3) is 0.346. The van der Waals surface area contributed by atoms with Crippen LogP contribution in [0.4, 0.5) is 5.69 Å². The molecule has 0 radical (unpaired) electrons. The number of amides is 1. The van der Waals surface area contributed by atoms with Crippen LogP contribution < -0.4 is 14.8 Å². The summed E-state index contributed by atoms with van der Waals surface area (Å²) >= 11 is 0. The largest absolute Gasteiger partial charge is 0.497 e. The number of piperidine rings is 1. The Morgan fingerprint density at radius 3 is 2.67 bits per heavy atom. The second-order valence-corrected chi connectivity index (χ2v) is 8.21. The number of aryl methyl sites for hydroxylation is 1. The maximum atomic E-state index is 12.7. The Bertz CT molecular complexity index is 1100. The highest BCUT2D eigenvalue weighted by Gasteiger charge is 2.28. The highest BCUT2D eigenvalue weighted by atomic mass is 16.5.